The molecule has 0 spiro atoms. The first kappa shape index (κ1) is 17.0. The Morgan fingerprint density at radius 2 is 2.22 bits per heavy atom. The largest absolute Gasteiger partial charge is 0.480 e. The minimum atomic E-state index is -2.82. The van der Waals surface area contributed by atoms with Crippen molar-refractivity contribution >= 4 is 23.2 Å². The van der Waals surface area contributed by atoms with Crippen LogP contribution in [0.3, 0.4) is 0 Å². The molecule has 2 aromatic rings. The highest BCUT2D eigenvalue weighted by Gasteiger charge is 2.24. The van der Waals surface area contributed by atoms with Crippen molar-refractivity contribution in [3.8, 4) is 10.7 Å². The number of rotatable bonds is 8. The zero-order valence-electron chi connectivity index (χ0n) is 11.7. The highest BCUT2D eigenvalue weighted by molar-refractivity contribution is 7.13. The number of nitrogens with one attached hydrogen (secondary N) is 1. The molecule has 0 radical (unpaired) electrons. The van der Waals surface area contributed by atoms with Crippen molar-refractivity contribution in [3.05, 3.63) is 23.4 Å². The number of carboxylic acid groups (broad SMARTS) is 1. The highest BCUT2D eigenvalue weighted by atomic mass is 32.1. The summed E-state index contributed by atoms with van der Waals surface area (Å²) in [6, 6.07) is 2.03. The lowest BCUT2D eigenvalue weighted by Crippen LogP contribution is -2.42. The fourth-order valence-corrected chi connectivity index (χ4v) is 2.40. The standard InChI is InChI=1S/C13H13F2N3O4S/c14-9(15)6-7(13(20)21)16-10(19)3-4-11-17-12(18-22-11)8-2-1-5-23-8/h1-2,5,7,9H,3-4,6H2,(H,16,19)(H,20,21). The van der Waals surface area contributed by atoms with Gasteiger partial charge < -0.3 is 14.9 Å². The summed E-state index contributed by atoms with van der Waals surface area (Å²) in [6.07, 6.45) is -3.81. The summed E-state index contributed by atoms with van der Waals surface area (Å²) in [4.78, 5) is 27.3. The monoisotopic (exact) mass is 345 g/mol. The van der Waals surface area contributed by atoms with E-state index in [9.17, 15) is 18.4 Å². The Bertz CT molecular complexity index is 660. The molecule has 23 heavy (non-hydrogen) atoms. The maximum absolute atomic E-state index is 12.2. The third-order valence-electron chi connectivity index (χ3n) is 2.82. The first-order valence-corrected chi connectivity index (χ1v) is 7.50. The fraction of sp³-hybridized carbons (Fsp3) is 0.385. The molecule has 10 heteroatoms. The molecule has 0 aliphatic carbocycles. The van der Waals surface area contributed by atoms with Crippen LogP contribution in [0.4, 0.5) is 8.78 Å². The molecule has 0 saturated heterocycles. The molecule has 1 amide bonds. The molecule has 124 valence electrons. The molecular weight excluding hydrogens is 332 g/mol. The van der Waals surface area contributed by atoms with Gasteiger partial charge in [0.05, 0.1) is 4.88 Å². The third-order valence-corrected chi connectivity index (χ3v) is 3.69. The summed E-state index contributed by atoms with van der Waals surface area (Å²) in [5.74, 6) is -1.56. The van der Waals surface area contributed by atoms with Crippen LogP contribution in [0.25, 0.3) is 10.7 Å². The Hall–Kier alpha value is -2.36. The van der Waals surface area contributed by atoms with E-state index in [1.807, 2.05) is 22.8 Å². The van der Waals surface area contributed by atoms with Crippen molar-refractivity contribution in [2.75, 3.05) is 0 Å². The van der Waals surface area contributed by atoms with Crippen LogP contribution in [0.1, 0.15) is 18.7 Å². The van der Waals surface area contributed by atoms with E-state index in [0.717, 1.165) is 4.88 Å². The number of aryl methyl sites for hydroxylation is 1. The molecule has 1 unspecified atom stereocenters. The summed E-state index contributed by atoms with van der Waals surface area (Å²) >= 11 is 1.43. The number of halogens is 2. The van der Waals surface area contributed by atoms with Gasteiger partial charge >= 0.3 is 5.97 Å². The SMILES string of the molecule is O=C(CCc1nc(-c2cccs2)no1)NC(CC(F)F)C(=O)O. The van der Waals surface area contributed by atoms with E-state index < -0.39 is 30.8 Å². The predicted molar refractivity (Wildman–Crippen MR) is 76.1 cm³/mol. The summed E-state index contributed by atoms with van der Waals surface area (Å²) in [5, 5.41) is 16.4. The van der Waals surface area contributed by atoms with Crippen LogP contribution in [0.5, 0.6) is 0 Å². The molecule has 0 aromatic carbocycles. The first-order chi connectivity index (χ1) is 11.0. The van der Waals surface area contributed by atoms with Crippen molar-refractivity contribution in [1.29, 1.82) is 0 Å². The minimum Gasteiger partial charge on any atom is -0.480 e. The lowest BCUT2D eigenvalue weighted by Gasteiger charge is -2.13. The molecule has 2 aromatic heterocycles. The number of aromatic nitrogens is 2. The van der Waals surface area contributed by atoms with E-state index in [-0.39, 0.29) is 18.7 Å². The Morgan fingerprint density at radius 1 is 1.43 bits per heavy atom. The summed E-state index contributed by atoms with van der Waals surface area (Å²) in [7, 11) is 0. The Balaban J connectivity index is 1.85. The van der Waals surface area contributed by atoms with Gasteiger partial charge in [0.25, 0.3) is 0 Å². The number of carbonyl (C=O) groups is 2. The fourth-order valence-electron chi connectivity index (χ4n) is 1.75. The van der Waals surface area contributed by atoms with Crippen LogP contribution >= 0.6 is 11.3 Å². The van der Waals surface area contributed by atoms with Crippen LogP contribution < -0.4 is 5.32 Å². The predicted octanol–water partition coefficient (Wildman–Crippen LogP) is 1.96. The number of aliphatic carboxylic acids is 1. The first-order valence-electron chi connectivity index (χ1n) is 6.62. The van der Waals surface area contributed by atoms with Gasteiger partial charge in [-0.1, -0.05) is 11.2 Å². The van der Waals surface area contributed by atoms with Crippen LogP contribution in [0.15, 0.2) is 22.0 Å². The molecule has 2 N–H and O–H groups in total. The van der Waals surface area contributed by atoms with Crippen molar-refractivity contribution in [2.45, 2.75) is 31.7 Å². The Kier molecular flexibility index (Phi) is 5.74. The van der Waals surface area contributed by atoms with E-state index in [1.165, 1.54) is 11.3 Å². The molecule has 0 fully saturated rings. The quantitative estimate of drug-likeness (QED) is 0.758. The number of hydrogen-bond donors (Lipinski definition) is 2. The molecule has 0 aliphatic heterocycles. The van der Waals surface area contributed by atoms with Crippen LogP contribution in [0.2, 0.25) is 0 Å². The van der Waals surface area contributed by atoms with Gasteiger partial charge in [0.15, 0.2) is 0 Å². The summed E-state index contributed by atoms with van der Waals surface area (Å²) in [6.45, 7) is 0. The molecule has 1 atom stereocenters. The summed E-state index contributed by atoms with van der Waals surface area (Å²) < 4.78 is 29.5. The highest BCUT2D eigenvalue weighted by Crippen LogP contribution is 2.21. The number of alkyl halides is 2. The number of nitrogens with zero attached hydrogens (tertiary/aromatic N) is 2. The second kappa shape index (κ2) is 7.77. The van der Waals surface area contributed by atoms with E-state index in [1.54, 1.807) is 0 Å². The number of thiophene rings is 1. The van der Waals surface area contributed by atoms with Gasteiger partial charge in [0.1, 0.15) is 6.04 Å². The van der Waals surface area contributed by atoms with E-state index in [2.05, 4.69) is 10.1 Å². The molecule has 7 nitrogen and oxygen atoms in total. The van der Waals surface area contributed by atoms with Crippen molar-refractivity contribution in [2.24, 2.45) is 0 Å². The Labute approximate surface area is 133 Å². The molecule has 2 heterocycles. The zero-order chi connectivity index (χ0) is 16.8. The number of carboxylic acids is 1. The topological polar surface area (TPSA) is 105 Å². The smallest absolute Gasteiger partial charge is 0.326 e. The van der Waals surface area contributed by atoms with Gasteiger partial charge in [-0.15, -0.1) is 11.3 Å². The van der Waals surface area contributed by atoms with Gasteiger partial charge in [-0.3, -0.25) is 4.79 Å². The van der Waals surface area contributed by atoms with E-state index in [4.69, 9.17) is 9.63 Å². The summed E-state index contributed by atoms with van der Waals surface area (Å²) in [5.41, 5.74) is 0. The van der Waals surface area contributed by atoms with Gasteiger partial charge in [-0.05, 0) is 11.4 Å². The van der Waals surface area contributed by atoms with Gasteiger partial charge in [-0.25, -0.2) is 13.6 Å². The lowest BCUT2D eigenvalue weighted by atomic mass is 10.2. The van der Waals surface area contributed by atoms with Crippen LogP contribution in [-0.4, -0.2) is 39.6 Å². The normalized spacial score (nSPS) is 12.3. The van der Waals surface area contributed by atoms with E-state index >= 15 is 0 Å². The maximum atomic E-state index is 12.2. The van der Waals surface area contributed by atoms with Gasteiger partial charge in [0.2, 0.25) is 24.0 Å². The molecule has 0 saturated carbocycles. The third kappa shape index (κ3) is 5.09. The zero-order valence-corrected chi connectivity index (χ0v) is 12.6. The average Bonchev–Trinajstić information content (AvgIpc) is 3.14. The minimum absolute atomic E-state index is 0.0885. The molecule has 2 rings (SSSR count). The van der Waals surface area contributed by atoms with E-state index in [0.29, 0.717) is 5.82 Å². The number of carbonyl (C=O) groups excluding carboxylic acids is 1. The van der Waals surface area contributed by atoms with Gasteiger partial charge in [-0.2, -0.15) is 4.98 Å². The number of amides is 1. The van der Waals surface area contributed by atoms with Crippen LogP contribution in [-0.2, 0) is 16.0 Å². The second-order valence-corrected chi connectivity index (χ2v) is 5.52. The van der Waals surface area contributed by atoms with Crippen molar-refractivity contribution in [1.82, 2.24) is 15.5 Å². The molecule has 0 aliphatic rings. The Morgan fingerprint density at radius 3 is 2.83 bits per heavy atom. The van der Waals surface area contributed by atoms with Gasteiger partial charge in [0, 0.05) is 19.3 Å². The van der Waals surface area contributed by atoms with Crippen molar-refractivity contribution in [3.63, 3.8) is 0 Å². The lowest BCUT2D eigenvalue weighted by molar-refractivity contribution is -0.143. The van der Waals surface area contributed by atoms with Crippen molar-refractivity contribution < 1.29 is 28.0 Å². The number of hydrogen-bond acceptors (Lipinski definition) is 6. The van der Waals surface area contributed by atoms with Crippen LogP contribution in [0, 0.1) is 0 Å². The second-order valence-electron chi connectivity index (χ2n) is 4.57. The molecular formula is C13H13F2N3O4S. The molecule has 0 bridgehead atoms. The average molecular weight is 345 g/mol. The maximum Gasteiger partial charge on any atom is 0.326 e.